The molecule has 2 radical (unpaired) electrons. The fourth-order valence-corrected chi connectivity index (χ4v) is 4.85. The first-order valence-corrected chi connectivity index (χ1v) is 9.77. The van der Waals surface area contributed by atoms with Gasteiger partial charge in [0.15, 0.2) is 11.6 Å². The van der Waals surface area contributed by atoms with Crippen molar-refractivity contribution >= 4 is 13.8 Å². The van der Waals surface area contributed by atoms with Crippen molar-refractivity contribution in [2.45, 2.75) is 75.4 Å². The summed E-state index contributed by atoms with van der Waals surface area (Å²) in [5, 5.41) is 9.79. The van der Waals surface area contributed by atoms with Gasteiger partial charge in [0.05, 0.1) is 7.85 Å². The molecule has 3 atom stereocenters. The van der Waals surface area contributed by atoms with E-state index in [1.807, 2.05) is 0 Å². The lowest BCUT2D eigenvalue weighted by molar-refractivity contribution is -0.147. The van der Waals surface area contributed by atoms with Crippen molar-refractivity contribution in [3.05, 3.63) is 35.4 Å². The van der Waals surface area contributed by atoms with Crippen molar-refractivity contribution in [1.29, 1.82) is 0 Å². The normalized spacial score (nSPS) is 27.4. The Bertz CT molecular complexity index is 676. The maximum Gasteiger partial charge on any atom is 0.323 e. The number of carboxylic acids is 1. The second-order valence-corrected chi connectivity index (χ2v) is 8.07. The molecular formula is C20H27BF2N2O2. The molecule has 2 bridgehead atoms. The Morgan fingerprint density at radius 1 is 1.22 bits per heavy atom. The van der Waals surface area contributed by atoms with Crippen LogP contribution in [-0.2, 0) is 11.3 Å². The van der Waals surface area contributed by atoms with Gasteiger partial charge in [0.1, 0.15) is 5.54 Å². The number of rotatable bonds is 8. The van der Waals surface area contributed by atoms with Crippen molar-refractivity contribution < 1.29 is 18.7 Å². The maximum atomic E-state index is 13.5. The van der Waals surface area contributed by atoms with E-state index in [-0.39, 0.29) is 18.0 Å². The Hall–Kier alpha value is -1.47. The molecule has 3 unspecified atom stereocenters. The Balaban J connectivity index is 1.70. The molecule has 0 aromatic heterocycles. The molecule has 3 rings (SSSR count). The van der Waals surface area contributed by atoms with Crippen molar-refractivity contribution in [2.24, 2.45) is 11.7 Å². The van der Waals surface area contributed by atoms with Crippen LogP contribution >= 0.6 is 0 Å². The number of nitrogens with zero attached hydrogens (tertiary/aromatic N) is 1. The van der Waals surface area contributed by atoms with Gasteiger partial charge in [-0.2, -0.15) is 0 Å². The second kappa shape index (κ2) is 8.27. The fraction of sp³-hybridized carbons (Fsp3) is 0.650. The van der Waals surface area contributed by atoms with Crippen molar-refractivity contribution in [3.8, 4) is 0 Å². The van der Waals surface area contributed by atoms with Crippen LogP contribution in [0, 0.1) is 17.6 Å². The molecule has 0 amide bonds. The van der Waals surface area contributed by atoms with Gasteiger partial charge in [-0.3, -0.25) is 9.69 Å². The molecule has 7 heteroatoms. The van der Waals surface area contributed by atoms with E-state index in [0.29, 0.717) is 25.7 Å². The second-order valence-electron chi connectivity index (χ2n) is 8.07. The molecule has 3 N–H and O–H groups in total. The number of benzene rings is 1. The molecule has 2 aliphatic heterocycles. The topological polar surface area (TPSA) is 66.6 Å². The summed E-state index contributed by atoms with van der Waals surface area (Å²) in [5.74, 6) is -2.68. The van der Waals surface area contributed by atoms with Crippen LogP contribution in [0.4, 0.5) is 8.78 Å². The molecule has 1 aromatic carbocycles. The van der Waals surface area contributed by atoms with E-state index < -0.39 is 23.1 Å². The fourth-order valence-electron chi connectivity index (χ4n) is 4.85. The highest BCUT2D eigenvalue weighted by Gasteiger charge is 2.50. The molecule has 2 heterocycles. The summed E-state index contributed by atoms with van der Waals surface area (Å²) >= 11 is 0. The minimum absolute atomic E-state index is 0.0773. The van der Waals surface area contributed by atoms with Gasteiger partial charge in [0.2, 0.25) is 0 Å². The van der Waals surface area contributed by atoms with Crippen LogP contribution in [0.5, 0.6) is 0 Å². The molecule has 146 valence electrons. The van der Waals surface area contributed by atoms with E-state index in [4.69, 9.17) is 13.6 Å². The standard InChI is InChI=1S/C20H27BF2N2O2/c21-8-2-1-7-20(24,19(26)27)14-10-15-4-5-16(11-14)25(15)12-13-3-6-17(22)18(23)9-13/h3,6,9,14-16H,1-2,4-5,7-8,10-12,24H2,(H,26,27). The van der Waals surface area contributed by atoms with Gasteiger partial charge in [-0.05, 0) is 55.7 Å². The molecule has 2 saturated heterocycles. The first kappa shape index (κ1) is 20.3. The lowest BCUT2D eigenvalue weighted by Crippen LogP contribution is -2.58. The summed E-state index contributed by atoms with van der Waals surface area (Å²) in [6.45, 7) is 0.553. The summed E-state index contributed by atoms with van der Waals surface area (Å²) in [5.41, 5.74) is 5.92. The Labute approximate surface area is 160 Å². The quantitative estimate of drug-likeness (QED) is 0.540. The molecule has 2 fully saturated rings. The van der Waals surface area contributed by atoms with E-state index in [0.717, 1.165) is 43.7 Å². The minimum Gasteiger partial charge on any atom is -0.480 e. The van der Waals surface area contributed by atoms with Crippen LogP contribution < -0.4 is 5.73 Å². The average molecular weight is 376 g/mol. The molecule has 27 heavy (non-hydrogen) atoms. The lowest BCUT2D eigenvalue weighted by atomic mass is 9.73. The zero-order valence-electron chi connectivity index (χ0n) is 15.5. The zero-order chi connectivity index (χ0) is 19.6. The predicted molar refractivity (Wildman–Crippen MR) is 100 cm³/mol. The smallest absolute Gasteiger partial charge is 0.323 e. The number of aliphatic carboxylic acids is 1. The van der Waals surface area contributed by atoms with Crippen molar-refractivity contribution in [2.75, 3.05) is 0 Å². The first-order chi connectivity index (χ1) is 12.8. The molecular weight excluding hydrogens is 349 g/mol. The van der Waals surface area contributed by atoms with Crippen molar-refractivity contribution in [1.82, 2.24) is 4.90 Å². The maximum absolute atomic E-state index is 13.5. The molecule has 0 saturated carbocycles. The third kappa shape index (κ3) is 4.19. The van der Waals surface area contributed by atoms with Gasteiger partial charge in [0, 0.05) is 18.6 Å². The summed E-state index contributed by atoms with van der Waals surface area (Å²) in [6.07, 6.45) is 5.89. The van der Waals surface area contributed by atoms with Gasteiger partial charge >= 0.3 is 5.97 Å². The van der Waals surface area contributed by atoms with E-state index in [1.165, 1.54) is 6.07 Å². The Morgan fingerprint density at radius 3 is 2.44 bits per heavy atom. The van der Waals surface area contributed by atoms with Gasteiger partial charge < -0.3 is 10.8 Å². The summed E-state index contributed by atoms with van der Waals surface area (Å²) in [4.78, 5) is 14.3. The van der Waals surface area contributed by atoms with Crippen LogP contribution in [-0.4, -0.2) is 41.4 Å². The minimum atomic E-state index is -1.22. The number of unbranched alkanes of at least 4 members (excludes halogenated alkanes) is 1. The predicted octanol–water partition coefficient (Wildman–Crippen LogP) is 3.25. The third-order valence-electron chi connectivity index (χ3n) is 6.40. The number of carboxylic acid groups (broad SMARTS) is 1. The monoisotopic (exact) mass is 376 g/mol. The number of piperidine rings is 1. The highest BCUT2D eigenvalue weighted by Crippen LogP contribution is 2.44. The Kier molecular flexibility index (Phi) is 6.21. The molecule has 4 nitrogen and oxygen atoms in total. The highest BCUT2D eigenvalue weighted by atomic mass is 19.2. The number of carbonyl (C=O) groups is 1. The van der Waals surface area contributed by atoms with Crippen LogP contribution in [0.25, 0.3) is 0 Å². The number of nitrogens with two attached hydrogens (primary N) is 1. The van der Waals surface area contributed by atoms with Gasteiger partial charge in [-0.1, -0.05) is 25.2 Å². The third-order valence-corrected chi connectivity index (χ3v) is 6.40. The molecule has 1 aromatic rings. The van der Waals surface area contributed by atoms with E-state index in [2.05, 4.69) is 4.90 Å². The largest absolute Gasteiger partial charge is 0.480 e. The number of hydrogen-bond acceptors (Lipinski definition) is 3. The lowest BCUT2D eigenvalue weighted by Gasteiger charge is -2.44. The van der Waals surface area contributed by atoms with E-state index in [9.17, 15) is 18.7 Å². The number of hydrogen-bond donors (Lipinski definition) is 2. The molecule has 2 aliphatic rings. The summed E-state index contributed by atoms with van der Waals surface area (Å²) in [6, 6.07) is 4.49. The Morgan fingerprint density at radius 2 is 1.89 bits per heavy atom. The van der Waals surface area contributed by atoms with Crippen LogP contribution in [0.3, 0.4) is 0 Å². The summed E-state index contributed by atoms with van der Waals surface area (Å²) in [7, 11) is 5.53. The van der Waals surface area contributed by atoms with Gasteiger partial charge in [0.25, 0.3) is 0 Å². The van der Waals surface area contributed by atoms with Crippen LogP contribution in [0.15, 0.2) is 18.2 Å². The number of fused-ring (bicyclic) bond motifs is 2. The van der Waals surface area contributed by atoms with Gasteiger partial charge in [-0.15, -0.1) is 0 Å². The van der Waals surface area contributed by atoms with Crippen LogP contribution in [0.1, 0.15) is 50.5 Å². The van der Waals surface area contributed by atoms with E-state index >= 15 is 0 Å². The molecule has 0 spiro atoms. The van der Waals surface area contributed by atoms with E-state index in [1.54, 1.807) is 6.07 Å². The van der Waals surface area contributed by atoms with Gasteiger partial charge in [-0.25, -0.2) is 8.78 Å². The van der Waals surface area contributed by atoms with Crippen molar-refractivity contribution in [3.63, 3.8) is 0 Å². The SMILES string of the molecule is [B]CCCCC(N)(C(=O)O)C1CC2CCC(C1)N2Cc1ccc(F)c(F)c1. The summed E-state index contributed by atoms with van der Waals surface area (Å²) < 4.78 is 26.7. The number of halogens is 2. The molecule has 0 aliphatic carbocycles. The highest BCUT2D eigenvalue weighted by molar-refractivity contribution is 6.08. The first-order valence-electron chi connectivity index (χ1n) is 9.77. The van der Waals surface area contributed by atoms with Crippen LogP contribution in [0.2, 0.25) is 6.32 Å². The average Bonchev–Trinajstić information content (AvgIpc) is 2.86. The zero-order valence-corrected chi connectivity index (χ0v) is 15.5.